The van der Waals surface area contributed by atoms with Gasteiger partial charge in [-0.2, -0.15) is 0 Å². The van der Waals surface area contributed by atoms with Gasteiger partial charge in [-0.15, -0.1) is 0 Å². The Morgan fingerprint density at radius 2 is 1.56 bits per heavy atom. The van der Waals surface area contributed by atoms with Gasteiger partial charge in [0.2, 0.25) is 0 Å². The third-order valence-electron chi connectivity index (χ3n) is 4.10. The Hall–Kier alpha value is -2.00. The van der Waals surface area contributed by atoms with Crippen molar-refractivity contribution in [3.8, 4) is 11.5 Å². The van der Waals surface area contributed by atoms with Crippen LogP contribution in [0, 0.1) is 0 Å². The highest BCUT2D eigenvalue weighted by Gasteiger charge is 2.12. The van der Waals surface area contributed by atoms with Crippen molar-refractivity contribution in [2.24, 2.45) is 0 Å². The van der Waals surface area contributed by atoms with Crippen LogP contribution in [0.2, 0.25) is 15.1 Å². The van der Waals surface area contributed by atoms with Gasteiger partial charge in [-0.05, 0) is 66.9 Å². The number of halogens is 3. The van der Waals surface area contributed by atoms with Crippen molar-refractivity contribution < 1.29 is 9.53 Å². The summed E-state index contributed by atoms with van der Waals surface area (Å²) < 4.78 is 5.96. The average Bonchev–Trinajstić information content (AvgIpc) is 2.65. The van der Waals surface area contributed by atoms with Crippen molar-refractivity contribution in [2.75, 3.05) is 0 Å². The van der Waals surface area contributed by atoms with E-state index in [0.29, 0.717) is 33.5 Å². The van der Waals surface area contributed by atoms with E-state index in [0.717, 1.165) is 23.5 Å². The molecule has 0 heterocycles. The summed E-state index contributed by atoms with van der Waals surface area (Å²) in [6, 6.07) is 20.0. The molecule has 0 spiro atoms. The van der Waals surface area contributed by atoms with E-state index in [9.17, 15) is 4.79 Å². The van der Waals surface area contributed by atoms with Crippen molar-refractivity contribution in [2.45, 2.75) is 19.3 Å². The Bertz CT molecular complexity index is 937. The minimum absolute atomic E-state index is 0.00719. The Kier molecular flexibility index (Phi) is 6.78. The molecule has 27 heavy (non-hydrogen) atoms. The molecule has 0 N–H and O–H groups in total. The van der Waals surface area contributed by atoms with Gasteiger partial charge in [0, 0.05) is 22.0 Å². The number of ketones is 1. The van der Waals surface area contributed by atoms with Gasteiger partial charge in [0.05, 0.1) is 5.02 Å². The molecule has 0 aliphatic heterocycles. The Labute approximate surface area is 173 Å². The standard InChI is InChI=1S/C22H17Cl3O2/c23-16-8-11-18(12-9-16)27-22-7-2-1-4-15(22)5-3-6-21(26)19-13-10-17(24)14-20(19)25/h1-2,4,7-14H,3,5-6H2. The quantitative estimate of drug-likeness (QED) is 0.368. The zero-order valence-electron chi connectivity index (χ0n) is 14.4. The summed E-state index contributed by atoms with van der Waals surface area (Å²) in [4.78, 5) is 12.4. The zero-order chi connectivity index (χ0) is 19.2. The first-order valence-corrected chi connectivity index (χ1v) is 9.66. The first-order chi connectivity index (χ1) is 13.0. The van der Waals surface area contributed by atoms with Crippen LogP contribution < -0.4 is 4.74 Å². The number of para-hydroxylation sites is 1. The molecule has 0 amide bonds. The molecule has 0 aliphatic rings. The summed E-state index contributed by atoms with van der Waals surface area (Å²) in [5, 5.41) is 1.57. The van der Waals surface area contributed by atoms with Crippen LogP contribution in [-0.4, -0.2) is 5.78 Å². The van der Waals surface area contributed by atoms with E-state index < -0.39 is 0 Å². The van der Waals surface area contributed by atoms with Crippen LogP contribution >= 0.6 is 34.8 Å². The maximum absolute atomic E-state index is 12.4. The molecular weight excluding hydrogens is 403 g/mol. The van der Waals surface area contributed by atoms with Gasteiger partial charge >= 0.3 is 0 Å². The molecule has 0 aliphatic carbocycles. The summed E-state index contributed by atoms with van der Waals surface area (Å²) in [7, 11) is 0. The lowest BCUT2D eigenvalue weighted by Crippen LogP contribution is -2.01. The second kappa shape index (κ2) is 9.27. The van der Waals surface area contributed by atoms with Crippen molar-refractivity contribution in [1.82, 2.24) is 0 Å². The zero-order valence-corrected chi connectivity index (χ0v) is 16.7. The summed E-state index contributed by atoms with van der Waals surface area (Å²) in [6.07, 6.45) is 1.82. The minimum Gasteiger partial charge on any atom is -0.457 e. The summed E-state index contributed by atoms with van der Waals surface area (Å²) in [5.41, 5.74) is 1.55. The SMILES string of the molecule is O=C(CCCc1ccccc1Oc1ccc(Cl)cc1)c1ccc(Cl)cc1Cl. The Morgan fingerprint density at radius 3 is 2.30 bits per heavy atom. The molecule has 0 unspecified atom stereocenters. The monoisotopic (exact) mass is 418 g/mol. The number of carbonyl (C=O) groups excluding carboxylic acids is 1. The highest BCUT2D eigenvalue weighted by molar-refractivity contribution is 6.36. The summed E-state index contributed by atoms with van der Waals surface area (Å²) in [5.74, 6) is 1.50. The molecule has 3 rings (SSSR count). The largest absolute Gasteiger partial charge is 0.457 e. The van der Waals surface area contributed by atoms with Crippen molar-refractivity contribution in [1.29, 1.82) is 0 Å². The lowest BCUT2D eigenvalue weighted by molar-refractivity contribution is 0.0980. The van der Waals surface area contributed by atoms with Crippen LogP contribution in [0.5, 0.6) is 11.5 Å². The van der Waals surface area contributed by atoms with Crippen LogP contribution in [-0.2, 0) is 6.42 Å². The van der Waals surface area contributed by atoms with E-state index in [2.05, 4.69) is 0 Å². The van der Waals surface area contributed by atoms with E-state index in [1.807, 2.05) is 36.4 Å². The molecule has 0 bridgehead atoms. The smallest absolute Gasteiger partial charge is 0.164 e. The second-order valence-corrected chi connectivity index (χ2v) is 7.34. The third kappa shape index (κ3) is 5.49. The molecule has 0 atom stereocenters. The van der Waals surface area contributed by atoms with Gasteiger partial charge in [-0.3, -0.25) is 4.79 Å². The normalized spacial score (nSPS) is 10.6. The van der Waals surface area contributed by atoms with Crippen LogP contribution in [0.1, 0.15) is 28.8 Å². The fourth-order valence-corrected chi connectivity index (χ4v) is 3.37. The maximum atomic E-state index is 12.4. The Morgan fingerprint density at radius 1 is 0.852 bits per heavy atom. The van der Waals surface area contributed by atoms with E-state index in [1.165, 1.54) is 0 Å². The lowest BCUT2D eigenvalue weighted by Gasteiger charge is -2.11. The summed E-state index contributed by atoms with van der Waals surface area (Å²) in [6.45, 7) is 0. The number of carbonyl (C=O) groups is 1. The molecule has 2 nitrogen and oxygen atoms in total. The van der Waals surface area contributed by atoms with Gasteiger partial charge in [0.15, 0.2) is 5.78 Å². The van der Waals surface area contributed by atoms with Crippen molar-refractivity contribution in [3.63, 3.8) is 0 Å². The van der Waals surface area contributed by atoms with Gasteiger partial charge in [0.25, 0.3) is 0 Å². The number of aryl methyl sites for hydroxylation is 1. The van der Waals surface area contributed by atoms with Gasteiger partial charge in [-0.1, -0.05) is 53.0 Å². The fourth-order valence-electron chi connectivity index (χ4n) is 2.73. The molecule has 0 saturated carbocycles. The third-order valence-corrected chi connectivity index (χ3v) is 4.90. The average molecular weight is 420 g/mol. The van der Waals surface area contributed by atoms with Crippen molar-refractivity contribution >= 4 is 40.6 Å². The number of hydrogen-bond acceptors (Lipinski definition) is 2. The first-order valence-electron chi connectivity index (χ1n) is 8.52. The number of Topliss-reactive ketones (excluding diaryl/α,β-unsaturated/α-hetero) is 1. The molecule has 3 aromatic rings. The fraction of sp³-hybridized carbons (Fsp3) is 0.136. The number of ether oxygens (including phenoxy) is 1. The summed E-state index contributed by atoms with van der Waals surface area (Å²) >= 11 is 17.9. The Balaban J connectivity index is 1.62. The lowest BCUT2D eigenvalue weighted by atomic mass is 10.0. The highest BCUT2D eigenvalue weighted by Crippen LogP contribution is 2.28. The van der Waals surface area contributed by atoms with Gasteiger partial charge < -0.3 is 4.74 Å². The number of hydrogen-bond donors (Lipinski definition) is 0. The molecule has 0 aromatic heterocycles. The number of rotatable bonds is 7. The molecule has 0 fully saturated rings. The molecular formula is C22H17Cl3O2. The highest BCUT2D eigenvalue weighted by atomic mass is 35.5. The van der Waals surface area contributed by atoms with Crippen LogP contribution in [0.4, 0.5) is 0 Å². The minimum atomic E-state index is 0.00719. The van der Waals surface area contributed by atoms with E-state index >= 15 is 0 Å². The van der Waals surface area contributed by atoms with Crippen molar-refractivity contribution in [3.05, 3.63) is 92.9 Å². The van der Waals surface area contributed by atoms with Crippen LogP contribution in [0.3, 0.4) is 0 Å². The predicted molar refractivity (Wildman–Crippen MR) is 112 cm³/mol. The topological polar surface area (TPSA) is 26.3 Å². The van der Waals surface area contributed by atoms with Gasteiger partial charge in [-0.25, -0.2) is 0 Å². The van der Waals surface area contributed by atoms with Crippen LogP contribution in [0.25, 0.3) is 0 Å². The molecule has 0 radical (unpaired) electrons. The second-order valence-electron chi connectivity index (χ2n) is 6.06. The molecule has 0 saturated heterocycles. The predicted octanol–water partition coefficient (Wildman–Crippen LogP) is 7.64. The van der Waals surface area contributed by atoms with Gasteiger partial charge in [0.1, 0.15) is 11.5 Å². The van der Waals surface area contributed by atoms with E-state index in [4.69, 9.17) is 39.5 Å². The molecule has 5 heteroatoms. The van der Waals surface area contributed by atoms with E-state index in [-0.39, 0.29) is 5.78 Å². The molecule has 3 aromatic carbocycles. The number of benzene rings is 3. The maximum Gasteiger partial charge on any atom is 0.164 e. The first kappa shape index (κ1) is 19.8. The van der Waals surface area contributed by atoms with E-state index in [1.54, 1.807) is 30.3 Å². The van der Waals surface area contributed by atoms with Crippen LogP contribution in [0.15, 0.2) is 66.7 Å². The molecule has 138 valence electrons.